The molecule has 0 aromatic carbocycles. The first-order chi connectivity index (χ1) is 12.3. The van der Waals surface area contributed by atoms with E-state index in [4.69, 9.17) is 15.2 Å². The lowest BCUT2D eigenvalue weighted by Gasteiger charge is -2.15. The minimum Gasteiger partial charge on any atom is -0.491 e. The third kappa shape index (κ3) is 6.79. The number of nitrogens with two attached hydrogens (primary N) is 1. The molecule has 8 nitrogen and oxygen atoms in total. The Hall–Kier alpha value is -2.48. The van der Waals surface area contributed by atoms with Gasteiger partial charge in [-0.2, -0.15) is 0 Å². The van der Waals surface area contributed by atoms with Gasteiger partial charge in [0.15, 0.2) is 11.4 Å². The Kier molecular flexibility index (Phi) is 8.71. The average Bonchev–Trinajstić information content (AvgIpc) is 2.59. The van der Waals surface area contributed by atoms with Crippen molar-refractivity contribution in [1.29, 1.82) is 0 Å². The summed E-state index contributed by atoms with van der Waals surface area (Å²) < 4.78 is 10.9. The maximum atomic E-state index is 12.2. The smallest absolute Gasteiger partial charge is 0.340 e. The van der Waals surface area contributed by atoms with Crippen molar-refractivity contribution in [3.63, 3.8) is 0 Å². The Balaban J connectivity index is 3.06. The van der Waals surface area contributed by atoms with Gasteiger partial charge in [0.25, 0.3) is 5.91 Å². The molecule has 1 rings (SSSR count). The molecule has 2 amide bonds. The van der Waals surface area contributed by atoms with Crippen molar-refractivity contribution in [2.75, 3.05) is 13.2 Å². The third-order valence-electron chi connectivity index (χ3n) is 3.32. The first-order valence-corrected chi connectivity index (χ1v) is 8.66. The van der Waals surface area contributed by atoms with Crippen LogP contribution in [0.5, 0.6) is 5.75 Å². The molecule has 0 fully saturated rings. The first kappa shape index (κ1) is 21.6. The van der Waals surface area contributed by atoms with Gasteiger partial charge in [0, 0.05) is 6.20 Å². The Labute approximate surface area is 153 Å². The Morgan fingerprint density at radius 1 is 1.27 bits per heavy atom. The number of carbonyl (C=O) groups excluding carboxylic acids is 3. The van der Waals surface area contributed by atoms with Crippen molar-refractivity contribution >= 4 is 17.8 Å². The summed E-state index contributed by atoms with van der Waals surface area (Å²) in [5, 5.41) is 2.11. The van der Waals surface area contributed by atoms with Gasteiger partial charge in [0.2, 0.25) is 5.91 Å². The zero-order valence-corrected chi connectivity index (χ0v) is 15.7. The molecule has 1 heterocycles. The van der Waals surface area contributed by atoms with E-state index in [1.165, 1.54) is 12.3 Å². The number of aromatic nitrogens is 1. The van der Waals surface area contributed by atoms with Crippen LogP contribution in [0.2, 0.25) is 0 Å². The predicted molar refractivity (Wildman–Crippen MR) is 95.9 cm³/mol. The van der Waals surface area contributed by atoms with Gasteiger partial charge < -0.3 is 15.2 Å². The number of amides is 2. The summed E-state index contributed by atoms with van der Waals surface area (Å²) in [6, 6.07) is 1.40. The van der Waals surface area contributed by atoms with Crippen LogP contribution in [-0.2, 0) is 9.53 Å². The SMILES string of the molecule is CCCC(C)OC(=O)c1cnc(C(=O)NC(=O)CN)c(OCC(C)C)c1. The largest absolute Gasteiger partial charge is 0.491 e. The summed E-state index contributed by atoms with van der Waals surface area (Å²) in [6.45, 7) is 7.68. The second kappa shape index (κ2) is 10.5. The highest BCUT2D eigenvalue weighted by molar-refractivity contribution is 6.06. The van der Waals surface area contributed by atoms with Crippen LogP contribution in [0.4, 0.5) is 0 Å². The molecule has 1 unspecified atom stereocenters. The van der Waals surface area contributed by atoms with Crippen molar-refractivity contribution in [3.05, 3.63) is 23.5 Å². The highest BCUT2D eigenvalue weighted by Gasteiger charge is 2.21. The van der Waals surface area contributed by atoms with E-state index in [1.54, 1.807) is 0 Å². The van der Waals surface area contributed by atoms with Crippen molar-refractivity contribution in [3.8, 4) is 5.75 Å². The third-order valence-corrected chi connectivity index (χ3v) is 3.32. The molecule has 1 aromatic rings. The Bertz CT molecular complexity index is 646. The highest BCUT2D eigenvalue weighted by atomic mass is 16.5. The molecule has 0 aliphatic rings. The van der Waals surface area contributed by atoms with Crippen molar-refractivity contribution in [2.45, 2.75) is 46.6 Å². The standard InChI is InChI=1S/C18H27N3O5/c1-5-6-12(4)26-18(24)13-7-14(25-10-11(2)3)16(20-9-13)17(23)21-15(22)8-19/h7,9,11-12H,5-6,8,10,19H2,1-4H3,(H,21,22,23). The number of esters is 1. The molecule has 1 aromatic heterocycles. The lowest BCUT2D eigenvalue weighted by Crippen LogP contribution is -2.36. The average molecular weight is 365 g/mol. The van der Waals surface area contributed by atoms with Gasteiger partial charge in [-0.25, -0.2) is 9.78 Å². The monoisotopic (exact) mass is 365 g/mol. The minimum atomic E-state index is -0.738. The van der Waals surface area contributed by atoms with E-state index in [0.717, 1.165) is 12.8 Å². The van der Waals surface area contributed by atoms with Crippen LogP contribution in [0.3, 0.4) is 0 Å². The molecule has 26 heavy (non-hydrogen) atoms. The zero-order chi connectivity index (χ0) is 19.7. The van der Waals surface area contributed by atoms with Crippen LogP contribution in [0, 0.1) is 5.92 Å². The molecular formula is C18H27N3O5. The number of nitrogens with one attached hydrogen (secondary N) is 1. The van der Waals surface area contributed by atoms with Crippen LogP contribution in [0.1, 0.15) is 61.4 Å². The van der Waals surface area contributed by atoms with Crippen molar-refractivity contribution in [2.24, 2.45) is 11.7 Å². The molecule has 0 spiro atoms. The van der Waals surface area contributed by atoms with Crippen LogP contribution >= 0.6 is 0 Å². The molecule has 3 N–H and O–H groups in total. The summed E-state index contributed by atoms with van der Waals surface area (Å²) in [4.78, 5) is 39.7. The van der Waals surface area contributed by atoms with Gasteiger partial charge >= 0.3 is 5.97 Å². The second-order valence-corrected chi connectivity index (χ2v) is 6.36. The number of hydrogen-bond acceptors (Lipinski definition) is 7. The molecule has 1 atom stereocenters. The van der Waals surface area contributed by atoms with Crippen LogP contribution in [-0.4, -0.2) is 42.0 Å². The van der Waals surface area contributed by atoms with E-state index in [2.05, 4.69) is 10.3 Å². The lowest BCUT2D eigenvalue weighted by molar-refractivity contribution is -0.118. The van der Waals surface area contributed by atoms with E-state index >= 15 is 0 Å². The van der Waals surface area contributed by atoms with Crippen LogP contribution < -0.4 is 15.8 Å². The van der Waals surface area contributed by atoms with E-state index in [0.29, 0.717) is 6.61 Å². The fraction of sp³-hybridized carbons (Fsp3) is 0.556. The molecule has 0 radical (unpaired) electrons. The second-order valence-electron chi connectivity index (χ2n) is 6.36. The van der Waals surface area contributed by atoms with Gasteiger partial charge in [-0.3, -0.25) is 14.9 Å². The molecule has 0 aliphatic heterocycles. The summed E-state index contributed by atoms with van der Waals surface area (Å²) in [5.74, 6) is -1.62. The molecule has 0 bridgehead atoms. The van der Waals surface area contributed by atoms with E-state index in [1.807, 2.05) is 27.7 Å². The topological polar surface area (TPSA) is 121 Å². The van der Waals surface area contributed by atoms with Crippen LogP contribution in [0.25, 0.3) is 0 Å². The highest BCUT2D eigenvalue weighted by Crippen LogP contribution is 2.20. The number of carbonyl (C=O) groups is 3. The van der Waals surface area contributed by atoms with E-state index in [-0.39, 0.29) is 35.6 Å². The maximum absolute atomic E-state index is 12.2. The van der Waals surface area contributed by atoms with E-state index in [9.17, 15) is 14.4 Å². The number of ether oxygens (including phenoxy) is 2. The fourth-order valence-corrected chi connectivity index (χ4v) is 2.05. The lowest BCUT2D eigenvalue weighted by atomic mass is 10.2. The summed E-state index contributed by atoms with van der Waals surface area (Å²) >= 11 is 0. The molecule has 8 heteroatoms. The minimum absolute atomic E-state index is 0.0920. The number of nitrogens with zero attached hydrogens (tertiary/aromatic N) is 1. The van der Waals surface area contributed by atoms with Gasteiger partial charge in [-0.15, -0.1) is 0 Å². The normalized spacial score (nSPS) is 11.8. The summed E-state index contributed by atoms with van der Waals surface area (Å²) in [7, 11) is 0. The molecule has 0 saturated carbocycles. The zero-order valence-electron chi connectivity index (χ0n) is 15.7. The number of pyridine rings is 1. The Morgan fingerprint density at radius 3 is 2.54 bits per heavy atom. The molecule has 144 valence electrons. The molecular weight excluding hydrogens is 338 g/mol. The number of imide groups is 1. The van der Waals surface area contributed by atoms with Gasteiger partial charge in [0.1, 0.15) is 0 Å². The number of rotatable bonds is 9. The van der Waals surface area contributed by atoms with Gasteiger partial charge in [0.05, 0.1) is 24.8 Å². The summed E-state index contributed by atoms with van der Waals surface area (Å²) in [6.07, 6.45) is 2.64. The van der Waals surface area contributed by atoms with Crippen LogP contribution in [0.15, 0.2) is 12.3 Å². The number of hydrogen-bond donors (Lipinski definition) is 2. The fourth-order valence-electron chi connectivity index (χ4n) is 2.05. The van der Waals surface area contributed by atoms with Gasteiger partial charge in [-0.05, 0) is 25.3 Å². The predicted octanol–water partition coefficient (Wildman–Crippen LogP) is 1.68. The van der Waals surface area contributed by atoms with Crippen molar-refractivity contribution in [1.82, 2.24) is 10.3 Å². The molecule has 0 aliphatic carbocycles. The first-order valence-electron chi connectivity index (χ1n) is 8.66. The van der Waals surface area contributed by atoms with E-state index < -0.39 is 17.8 Å². The Morgan fingerprint density at radius 2 is 1.96 bits per heavy atom. The molecule has 0 saturated heterocycles. The summed E-state index contributed by atoms with van der Waals surface area (Å²) in [5.41, 5.74) is 5.27. The quantitative estimate of drug-likeness (QED) is 0.639. The van der Waals surface area contributed by atoms with Gasteiger partial charge in [-0.1, -0.05) is 27.2 Å². The maximum Gasteiger partial charge on any atom is 0.340 e. The van der Waals surface area contributed by atoms with Crippen molar-refractivity contribution < 1.29 is 23.9 Å².